The number of aromatic nitrogens is 1. The van der Waals surface area contributed by atoms with E-state index in [9.17, 15) is 4.21 Å². The standard InChI is InChI=1S/C8H6ClNO3S/c9-14(11,12)8-5-10-6-3-1-2-4-7(6)13-8/h1-5H,(H,11,12). The first-order valence-corrected chi connectivity index (χ1v) is 6.05. The molecule has 74 valence electrons. The van der Waals surface area contributed by atoms with E-state index in [0.29, 0.717) is 11.1 Å². The average molecular weight is 232 g/mol. The molecule has 0 saturated carbocycles. The fourth-order valence-corrected chi connectivity index (χ4v) is 1.61. The van der Waals surface area contributed by atoms with Crippen molar-refractivity contribution in [2.24, 2.45) is 0 Å². The Hall–Kier alpha value is -1.04. The molecule has 0 saturated heterocycles. The molecule has 0 amide bonds. The van der Waals surface area contributed by atoms with Crippen LogP contribution in [0.25, 0.3) is 11.1 Å². The van der Waals surface area contributed by atoms with Gasteiger partial charge in [-0.15, -0.1) is 0 Å². The van der Waals surface area contributed by atoms with Gasteiger partial charge in [0.1, 0.15) is 5.52 Å². The minimum atomic E-state index is -3.60. The molecule has 1 N–H and O–H groups in total. The zero-order chi connectivity index (χ0) is 10.2. The van der Waals surface area contributed by atoms with Crippen LogP contribution in [0, 0.1) is 4.71 Å². The second-order valence-electron chi connectivity index (χ2n) is 2.61. The van der Waals surface area contributed by atoms with Crippen molar-refractivity contribution in [1.82, 2.24) is 4.98 Å². The zero-order valence-corrected chi connectivity index (χ0v) is 8.46. The molecule has 6 heteroatoms. The van der Waals surface area contributed by atoms with Gasteiger partial charge in [0.05, 0.1) is 6.20 Å². The Labute approximate surface area is 84.5 Å². The van der Waals surface area contributed by atoms with Crippen LogP contribution in [0.5, 0.6) is 0 Å². The van der Waals surface area contributed by atoms with Crippen LogP contribution in [0.2, 0.25) is 0 Å². The summed E-state index contributed by atoms with van der Waals surface area (Å²) in [7, 11) is 1.61. The van der Waals surface area contributed by atoms with Gasteiger partial charge in [0, 0.05) is 10.7 Å². The van der Waals surface area contributed by atoms with Crippen LogP contribution in [0.3, 0.4) is 0 Å². The fourth-order valence-electron chi connectivity index (χ4n) is 1.02. The van der Waals surface area contributed by atoms with E-state index < -0.39 is 9.02 Å². The lowest BCUT2D eigenvalue weighted by Crippen LogP contribution is -1.88. The summed E-state index contributed by atoms with van der Waals surface area (Å²) in [6.07, 6.45) is 1.15. The molecule has 4 nitrogen and oxygen atoms in total. The lowest BCUT2D eigenvalue weighted by atomic mass is 10.3. The van der Waals surface area contributed by atoms with E-state index >= 15 is 0 Å². The van der Waals surface area contributed by atoms with Gasteiger partial charge in [0.25, 0.3) is 0 Å². The van der Waals surface area contributed by atoms with Crippen LogP contribution in [0.15, 0.2) is 34.9 Å². The van der Waals surface area contributed by atoms with Crippen molar-refractivity contribution >= 4 is 30.8 Å². The van der Waals surface area contributed by atoms with Gasteiger partial charge in [-0.1, -0.05) is 12.1 Å². The maximum absolute atomic E-state index is 11.0. The summed E-state index contributed by atoms with van der Waals surface area (Å²) in [5, 5.41) is 0. The van der Waals surface area contributed by atoms with Crippen LogP contribution >= 0.6 is 10.7 Å². The van der Waals surface area contributed by atoms with Gasteiger partial charge in [-0.25, -0.2) is 9.19 Å². The van der Waals surface area contributed by atoms with Crippen molar-refractivity contribution in [2.45, 2.75) is 0 Å². The van der Waals surface area contributed by atoms with E-state index in [0.717, 1.165) is 6.20 Å². The van der Waals surface area contributed by atoms with E-state index in [2.05, 4.69) is 4.98 Å². The van der Waals surface area contributed by atoms with Crippen molar-refractivity contribution < 1.29 is 13.2 Å². The predicted octanol–water partition coefficient (Wildman–Crippen LogP) is 2.27. The Morgan fingerprint density at radius 3 is 2.86 bits per heavy atom. The number of hydrogen-bond acceptors (Lipinski definition) is 3. The van der Waals surface area contributed by atoms with E-state index in [1.807, 2.05) is 0 Å². The highest BCUT2D eigenvalue weighted by Gasteiger charge is 2.01. The summed E-state index contributed by atoms with van der Waals surface area (Å²) in [5.41, 5.74) is 1.03. The Bertz CT molecular complexity index is 620. The quantitative estimate of drug-likeness (QED) is 0.558. The maximum atomic E-state index is 11.0. The molecular formula is C8H6ClNO3S. The summed E-state index contributed by atoms with van der Waals surface area (Å²) >= 11 is 0. The van der Waals surface area contributed by atoms with Crippen LogP contribution < -0.4 is 0 Å². The monoisotopic (exact) mass is 231 g/mol. The minimum Gasteiger partial charge on any atom is -0.441 e. The third-order valence-corrected chi connectivity index (χ3v) is 2.77. The van der Waals surface area contributed by atoms with Crippen LogP contribution in [-0.4, -0.2) is 13.7 Å². The minimum absolute atomic E-state index is 0.238. The molecule has 2 aromatic rings. The van der Waals surface area contributed by atoms with Gasteiger partial charge in [-0.3, -0.25) is 4.55 Å². The molecule has 0 aliphatic rings. The molecule has 0 spiro atoms. The van der Waals surface area contributed by atoms with Gasteiger partial charge < -0.3 is 4.42 Å². The highest BCUT2D eigenvalue weighted by Crippen LogP contribution is 2.12. The number of para-hydroxylation sites is 2. The van der Waals surface area contributed by atoms with Gasteiger partial charge in [-0.05, 0) is 12.1 Å². The van der Waals surface area contributed by atoms with Crippen molar-refractivity contribution in [3.05, 3.63) is 35.2 Å². The molecule has 0 aliphatic heterocycles. The molecule has 0 radical (unpaired) electrons. The third-order valence-electron chi connectivity index (χ3n) is 1.63. The van der Waals surface area contributed by atoms with E-state index in [-0.39, 0.29) is 4.71 Å². The number of nitrogens with zero attached hydrogens (tertiary/aromatic N) is 1. The summed E-state index contributed by atoms with van der Waals surface area (Å²) in [6.45, 7) is 0. The summed E-state index contributed by atoms with van der Waals surface area (Å²) < 4.78 is 24.9. The second kappa shape index (κ2) is 3.27. The molecule has 1 unspecified atom stereocenters. The topological polar surface area (TPSA) is 63.3 Å². The third kappa shape index (κ3) is 1.75. The summed E-state index contributed by atoms with van der Waals surface area (Å²) in [4.78, 5) is 3.93. The molecule has 0 bridgehead atoms. The molecule has 1 heterocycles. The second-order valence-corrected chi connectivity index (χ2v) is 5.18. The maximum Gasteiger partial charge on any atom is 0.237 e. The molecular weight excluding hydrogens is 226 g/mol. The number of benzene rings is 1. The van der Waals surface area contributed by atoms with Gasteiger partial charge in [-0.2, -0.15) is 0 Å². The Morgan fingerprint density at radius 1 is 1.43 bits per heavy atom. The SMILES string of the molecule is O=S(O)(Cl)=c1cnc2ccccc2o1. The molecule has 0 aliphatic carbocycles. The van der Waals surface area contributed by atoms with E-state index in [1.54, 1.807) is 24.3 Å². The zero-order valence-electron chi connectivity index (χ0n) is 6.88. The largest absolute Gasteiger partial charge is 0.441 e. The summed E-state index contributed by atoms with van der Waals surface area (Å²) in [6, 6.07) is 6.91. The molecule has 1 aromatic heterocycles. The Morgan fingerprint density at radius 2 is 2.14 bits per heavy atom. The van der Waals surface area contributed by atoms with Gasteiger partial charge in [0.2, 0.25) is 13.7 Å². The number of hydrogen-bond donors (Lipinski definition) is 1. The first-order chi connectivity index (χ1) is 6.57. The highest BCUT2D eigenvalue weighted by molar-refractivity contribution is 8.12. The normalized spacial score (nSPS) is 15.3. The highest BCUT2D eigenvalue weighted by atomic mass is 35.7. The number of halogens is 1. The van der Waals surface area contributed by atoms with E-state index in [4.69, 9.17) is 19.7 Å². The Balaban J connectivity index is 2.96. The van der Waals surface area contributed by atoms with Crippen molar-refractivity contribution in [1.29, 1.82) is 0 Å². The molecule has 1 atom stereocenters. The van der Waals surface area contributed by atoms with Crippen molar-refractivity contribution in [3.63, 3.8) is 0 Å². The molecule has 2 rings (SSSR count). The first kappa shape index (κ1) is 9.51. The predicted molar refractivity (Wildman–Crippen MR) is 53.9 cm³/mol. The fraction of sp³-hybridized carbons (Fsp3) is 0. The van der Waals surface area contributed by atoms with Crippen molar-refractivity contribution in [2.75, 3.05) is 0 Å². The Kier molecular flexibility index (Phi) is 2.22. The molecule has 0 fully saturated rings. The lowest BCUT2D eigenvalue weighted by Gasteiger charge is -1.95. The smallest absolute Gasteiger partial charge is 0.237 e. The van der Waals surface area contributed by atoms with Gasteiger partial charge in [0.15, 0.2) is 5.58 Å². The first-order valence-electron chi connectivity index (χ1n) is 3.71. The van der Waals surface area contributed by atoms with Gasteiger partial charge >= 0.3 is 0 Å². The molecule has 14 heavy (non-hydrogen) atoms. The summed E-state index contributed by atoms with van der Waals surface area (Å²) in [5.74, 6) is 0. The average Bonchev–Trinajstić information content (AvgIpc) is 2.16. The lowest BCUT2D eigenvalue weighted by molar-refractivity contribution is 0.535. The van der Waals surface area contributed by atoms with Crippen LogP contribution in [0.1, 0.15) is 0 Å². The number of fused-ring (bicyclic) bond motifs is 1. The van der Waals surface area contributed by atoms with E-state index in [1.165, 1.54) is 0 Å². The number of rotatable bonds is 0. The van der Waals surface area contributed by atoms with Crippen molar-refractivity contribution in [3.8, 4) is 0 Å². The van der Waals surface area contributed by atoms with Crippen LogP contribution in [-0.2, 0) is 9.02 Å². The molecule has 1 aromatic carbocycles. The van der Waals surface area contributed by atoms with Crippen LogP contribution in [0.4, 0.5) is 0 Å².